The fraction of sp³-hybridized carbons (Fsp3) is 0.333. The first-order valence-corrected chi connectivity index (χ1v) is 12.0. The standard InChI is InChI=1S/C24H23BrF3N5O4/c1-36-23(34)19-18(12-32-5-7-33(8-6-32)24(35)37-2)30-22(21-17(28)10-14(27)11-29-21)31-20(19)15-4-3-13(26)9-16(15)25/h3-4,9-11,20H,5-8,12H2,1-2H3,(H,30,31). The van der Waals surface area contributed by atoms with Crippen molar-refractivity contribution in [2.45, 2.75) is 6.04 Å². The SMILES string of the molecule is COC(=O)C1=C(CN2CCN(C(=O)OC)CC2)NC(c2ncc(F)cc2F)=NC1c1ccc(F)cc1Br. The molecule has 37 heavy (non-hydrogen) atoms. The van der Waals surface area contributed by atoms with Gasteiger partial charge in [-0.1, -0.05) is 22.0 Å². The number of esters is 1. The van der Waals surface area contributed by atoms with Gasteiger partial charge in [-0.2, -0.15) is 0 Å². The first-order chi connectivity index (χ1) is 17.7. The van der Waals surface area contributed by atoms with Gasteiger partial charge in [0.05, 0.1) is 26.0 Å². The van der Waals surface area contributed by atoms with Gasteiger partial charge in [-0.05, 0) is 17.7 Å². The van der Waals surface area contributed by atoms with Crippen molar-refractivity contribution in [1.29, 1.82) is 0 Å². The van der Waals surface area contributed by atoms with E-state index >= 15 is 0 Å². The molecule has 13 heteroatoms. The van der Waals surface area contributed by atoms with Crippen LogP contribution in [0.5, 0.6) is 0 Å². The van der Waals surface area contributed by atoms with E-state index in [1.807, 2.05) is 4.90 Å². The minimum atomic E-state index is -1.02. The average molecular weight is 582 g/mol. The maximum Gasteiger partial charge on any atom is 0.409 e. The number of nitrogens with one attached hydrogen (secondary N) is 1. The van der Waals surface area contributed by atoms with Crippen LogP contribution in [0.1, 0.15) is 17.3 Å². The second-order valence-electron chi connectivity index (χ2n) is 8.27. The zero-order chi connectivity index (χ0) is 26.7. The fourth-order valence-corrected chi connectivity index (χ4v) is 4.74. The molecule has 0 aliphatic carbocycles. The summed E-state index contributed by atoms with van der Waals surface area (Å²) < 4.78 is 52.3. The van der Waals surface area contributed by atoms with Crippen LogP contribution in [-0.4, -0.2) is 79.6 Å². The number of ether oxygens (including phenoxy) is 2. The molecule has 9 nitrogen and oxygen atoms in total. The van der Waals surface area contributed by atoms with Gasteiger partial charge in [0, 0.05) is 49.0 Å². The summed E-state index contributed by atoms with van der Waals surface area (Å²) >= 11 is 3.32. The van der Waals surface area contributed by atoms with Crippen molar-refractivity contribution in [3.05, 3.63) is 74.9 Å². The third-order valence-electron chi connectivity index (χ3n) is 6.01. The molecule has 1 amide bonds. The van der Waals surface area contributed by atoms with Gasteiger partial charge < -0.3 is 19.7 Å². The lowest BCUT2D eigenvalue weighted by Gasteiger charge is -2.36. The first-order valence-electron chi connectivity index (χ1n) is 11.2. The number of benzene rings is 1. The van der Waals surface area contributed by atoms with Crippen molar-refractivity contribution in [2.24, 2.45) is 4.99 Å². The number of amides is 1. The van der Waals surface area contributed by atoms with Crippen molar-refractivity contribution in [1.82, 2.24) is 20.1 Å². The molecule has 1 fully saturated rings. The highest BCUT2D eigenvalue weighted by molar-refractivity contribution is 9.10. The van der Waals surface area contributed by atoms with Crippen molar-refractivity contribution in [3.63, 3.8) is 0 Å². The topological polar surface area (TPSA) is 96.4 Å². The molecule has 0 radical (unpaired) electrons. The number of halogens is 4. The lowest BCUT2D eigenvalue weighted by molar-refractivity contribution is -0.136. The molecular formula is C24H23BrF3N5O4. The number of pyridine rings is 1. The molecular weight excluding hydrogens is 559 g/mol. The second kappa shape index (κ2) is 11.3. The van der Waals surface area contributed by atoms with Crippen LogP contribution in [0.25, 0.3) is 0 Å². The van der Waals surface area contributed by atoms with E-state index in [1.165, 1.54) is 32.4 Å². The third-order valence-corrected chi connectivity index (χ3v) is 6.69. The Morgan fingerprint density at radius 3 is 2.43 bits per heavy atom. The van der Waals surface area contributed by atoms with Gasteiger partial charge in [0.2, 0.25) is 0 Å². The van der Waals surface area contributed by atoms with E-state index in [4.69, 9.17) is 9.47 Å². The predicted molar refractivity (Wildman–Crippen MR) is 130 cm³/mol. The highest BCUT2D eigenvalue weighted by Gasteiger charge is 2.35. The lowest BCUT2D eigenvalue weighted by atomic mass is 9.95. The van der Waals surface area contributed by atoms with Crippen LogP contribution in [0.3, 0.4) is 0 Å². The Balaban J connectivity index is 1.76. The van der Waals surface area contributed by atoms with Gasteiger partial charge in [0.1, 0.15) is 23.4 Å². The molecule has 1 saturated heterocycles. The normalized spacial score (nSPS) is 18.3. The lowest BCUT2D eigenvalue weighted by Crippen LogP contribution is -2.50. The number of aromatic nitrogens is 1. The zero-order valence-electron chi connectivity index (χ0n) is 19.9. The van der Waals surface area contributed by atoms with Crippen LogP contribution in [0.15, 0.2) is 51.2 Å². The van der Waals surface area contributed by atoms with E-state index in [9.17, 15) is 22.8 Å². The monoisotopic (exact) mass is 581 g/mol. The number of nitrogens with zero attached hydrogens (tertiary/aromatic N) is 4. The summed E-state index contributed by atoms with van der Waals surface area (Å²) in [7, 11) is 2.53. The number of piperazine rings is 1. The minimum absolute atomic E-state index is 0.0328. The zero-order valence-corrected chi connectivity index (χ0v) is 21.5. The maximum atomic E-state index is 14.7. The molecule has 1 aromatic heterocycles. The third kappa shape index (κ3) is 5.77. The molecule has 1 unspecified atom stereocenters. The van der Waals surface area contributed by atoms with E-state index in [0.29, 0.717) is 48.0 Å². The predicted octanol–water partition coefficient (Wildman–Crippen LogP) is 3.16. The van der Waals surface area contributed by atoms with Crippen molar-refractivity contribution < 1.29 is 32.2 Å². The van der Waals surface area contributed by atoms with Crippen LogP contribution in [-0.2, 0) is 14.3 Å². The van der Waals surface area contributed by atoms with Gasteiger partial charge in [-0.25, -0.2) is 27.7 Å². The molecule has 1 atom stereocenters. The molecule has 4 rings (SSSR count). The van der Waals surface area contributed by atoms with Gasteiger partial charge in [0.25, 0.3) is 0 Å². The number of rotatable bonds is 5. The Hall–Kier alpha value is -3.45. The van der Waals surface area contributed by atoms with Gasteiger partial charge >= 0.3 is 12.1 Å². The maximum absolute atomic E-state index is 14.7. The number of carbonyl (C=O) groups is 2. The van der Waals surface area contributed by atoms with Gasteiger partial charge in [-0.3, -0.25) is 9.89 Å². The highest BCUT2D eigenvalue weighted by Crippen LogP contribution is 2.37. The Labute approximate surface area is 219 Å². The highest BCUT2D eigenvalue weighted by atomic mass is 79.9. The van der Waals surface area contributed by atoms with Crippen LogP contribution in [0.2, 0.25) is 0 Å². The molecule has 0 bridgehead atoms. The number of methoxy groups -OCH3 is 2. The molecule has 0 spiro atoms. The molecule has 2 aromatic rings. The molecule has 2 aliphatic heterocycles. The number of hydrogen-bond acceptors (Lipinski definition) is 8. The molecule has 1 aromatic carbocycles. The van der Waals surface area contributed by atoms with E-state index < -0.39 is 35.6 Å². The molecule has 1 N–H and O–H groups in total. The molecule has 2 aliphatic rings. The largest absolute Gasteiger partial charge is 0.466 e. The number of carbonyl (C=O) groups excluding carboxylic acids is 2. The number of amidine groups is 1. The van der Waals surface area contributed by atoms with E-state index in [1.54, 1.807) is 4.90 Å². The summed E-state index contributed by atoms with van der Waals surface area (Å²) in [5, 5.41) is 2.99. The molecule has 196 valence electrons. The number of hydrogen-bond donors (Lipinski definition) is 1. The fourth-order valence-electron chi connectivity index (χ4n) is 4.17. The van der Waals surface area contributed by atoms with Crippen LogP contribution in [0, 0.1) is 17.5 Å². The number of aliphatic imine (C=N–C) groups is 1. The summed E-state index contributed by atoms with van der Waals surface area (Å²) in [6.07, 6.45) is 0.426. The average Bonchev–Trinajstić information content (AvgIpc) is 2.88. The Kier molecular flexibility index (Phi) is 8.13. The van der Waals surface area contributed by atoms with Gasteiger partial charge in [0.15, 0.2) is 11.7 Å². The van der Waals surface area contributed by atoms with Crippen LogP contribution < -0.4 is 5.32 Å². The smallest absolute Gasteiger partial charge is 0.409 e. The van der Waals surface area contributed by atoms with Crippen molar-refractivity contribution in [2.75, 3.05) is 46.9 Å². The summed E-state index contributed by atoms with van der Waals surface area (Å²) in [5.41, 5.74) is 0.671. The first kappa shape index (κ1) is 26.6. The minimum Gasteiger partial charge on any atom is -0.466 e. The summed E-state index contributed by atoms with van der Waals surface area (Å²) in [6.45, 7) is 1.92. The quantitative estimate of drug-likeness (QED) is 0.542. The van der Waals surface area contributed by atoms with E-state index in [0.717, 1.165) is 6.20 Å². The molecule has 0 saturated carbocycles. The van der Waals surface area contributed by atoms with Crippen molar-refractivity contribution in [3.8, 4) is 0 Å². The second-order valence-corrected chi connectivity index (χ2v) is 9.13. The Morgan fingerprint density at radius 1 is 1.08 bits per heavy atom. The summed E-state index contributed by atoms with van der Waals surface area (Å²) in [4.78, 5) is 36.8. The summed E-state index contributed by atoms with van der Waals surface area (Å²) in [5.74, 6) is -3.03. The van der Waals surface area contributed by atoms with E-state index in [-0.39, 0.29) is 23.6 Å². The van der Waals surface area contributed by atoms with Crippen LogP contribution >= 0.6 is 15.9 Å². The summed E-state index contributed by atoms with van der Waals surface area (Å²) in [6, 6.07) is 3.57. The Bertz CT molecular complexity index is 1280. The van der Waals surface area contributed by atoms with Gasteiger partial charge in [-0.15, -0.1) is 0 Å². The van der Waals surface area contributed by atoms with Crippen molar-refractivity contribution >= 4 is 33.8 Å². The Morgan fingerprint density at radius 2 is 1.81 bits per heavy atom. The molecule has 3 heterocycles. The van der Waals surface area contributed by atoms with E-state index in [2.05, 4.69) is 31.2 Å². The van der Waals surface area contributed by atoms with Crippen LogP contribution in [0.4, 0.5) is 18.0 Å².